The van der Waals surface area contributed by atoms with Crippen LogP contribution in [-0.4, -0.2) is 32.2 Å². The van der Waals surface area contributed by atoms with Gasteiger partial charge in [-0.05, 0) is 43.1 Å². The Labute approximate surface area is 117 Å². The number of hydrogen-bond acceptors (Lipinski definition) is 3. The summed E-state index contributed by atoms with van der Waals surface area (Å²) in [5.74, 6) is 0.165. The molecule has 1 aliphatic rings. The van der Waals surface area contributed by atoms with Crippen molar-refractivity contribution in [3.8, 4) is 0 Å². The Kier molecular flexibility index (Phi) is 6.27. The molecular weight excluding hydrogens is 240 g/mol. The van der Waals surface area contributed by atoms with Crippen LogP contribution in [0.4, 0.5) is 0 Å². The third kappa shape index (κ3) is 6.39. The van der Waals surface area contributed by atoms with Crippen LogP contribution in [0.15, 0.2) is 0 Å². The Bertz CT molecular complexity index is 284. The fraction of sp³-hybridized carbons (Fsp3) is 0.933. The fourth-order valence-electron chi connectivity index (χ4n) is 2.41. The molecule has 0 spiro atoms. The number of rotatable bonds is 7. The maximum Gasteiger partial charge on any atom is 0.220 e. The summed E-state index contributed by atoms with van der Waals surface area (Å²) < 4.78 is 5.37. The predicted molar refractivity (Wildman–Crippen MR) is 77.9 cm³/mol. The van der Waals surface area contributed by atoms with Crippen molar-refractivity contribution >= 4 is 5.91 Å². The smallest absolute Gasteiger partial charge is 0.220 e. The van der Waals surface area contributed by atoms with Gasteiger partial charge >= 0.3 is 0 Å². The van der Waals surface area contributed by atoms with Crippen molar-refractivity contribution in [1.29, 1.82) is 0 Å². The van der Waals surface area contributed by atoms with Crippen LogP contribution < -0.4 is 11.1 Å². The molecule has 0 saturated carbocycles. The fourth-order valence-corrected chi connectivity index (χ4v) is 2.41. The lowest BCUT2D eigenvalue weighted by Gasteiger charge is -2.33. The topological polar surface area (TPSA) is 64.4 Å². The number of amides is 1. The van der Waals surface area contributed by atoms with Crippen molar-refractivity contribution in [2.24, 2.45) is 16.6 Å². The number of carbonyl (C=O) groups excluding carboxylic acids is 1. The van der Waals surface area contributed by atoms with Gasteiger partial charge in [-0.1, -0.05) is 20.8 Å². The summed E-state index contributed by atoms with van der Waals surface area (Å²) in [5.41, 5.74) is 5.95. The molecule has 0 aromatic carbocycles. The van der Waals surface area contributed by atoms with Crippen LogP contribution in [0.1, 0.15) is 52.9 Å². The first kappa shape index (κ1) is 16.4. The van der Waals surface area contributed by atoms with Gasteiger partial charge in [0.05, 0.1) is 0 Å². The lowest BCUT2D eigenvalue weighted by atomic mass is 9.82. The van der Waals surface area contributed by atoms with E-state index >= 15 is 0 Å². The van der Waals surface area contributed by atoms with E-state index in [2.05, 4.69) is 26.1 Å². The average Bonchev–Trinajstić information content (AvgIpc) is 2.35. The van der Waals surface area contributed by atoms with Crippen LogP contribution in [0.3, 0.4) is 0 Å². The molecule has 4 nitrogen and oxygen atoms in total. The van der Waals surface area contributed by atoms with Gasteiger partial charge in [0.1, 0.15) is 0 Å². The molecule has 0 atom stereocenters. The molecule has 1 fully saturated rings. The summed E-state index contributed by atoms with van der Waals surface area (Å²) in [6.45, 7) is 9.67. The highest BCUT2D eigenvalue weighted by atomic mass is 16.5. The first-order chi connectivity index (χ1) is 8.87. The van der Waals surface area contributed by atoms with Gasteiger partial charge in [0, 0.05) is 26.2 Å². The molecule has 1 saturated heterocycles. The molecule has 1 heterocycles. The minimum Gasteiger partial charge on any atom is -0.381 e. The second-order valence-corrected chi connectivity index (χ2v) is 6.90. The third-order valence-corrected chi connectivity index (χ3v) is 4.26. The van der Waals surface area contributed by atoms with Gasteiger partial charge in [-0.25, -0.2) is 0 Å². The van der Waals surface area contributed by atoms with E-state index in [-0.39, 0.29) is 16.7 Å². The molecule has 4 heteroatoms. The molecule has 0 aromatic rings. The Morgan fingerprint density at radius 2 is 1.95 bits per heavy atom. The van der Waals surface area contributed by atoms with Crippen molar-refractivity contribution in [2.45, 2.75) is 52.9 Å². The molecule has 0 bridgehead atoms. The zero-order chi connectivity index (χ0) is 14.4. The maximum atomic E-state index is 11.9. The highest BCUT2D eigenvalue weighted by Crippen LogP contribution is 2.29. The van der Waals surface area contributed by atoms with E-state index in [0.717, 1.165) is 45.4 Å². The third-order valence-electron chi connectivity index (χ3n) is 4.26. The van der Waals surface area contributed by atoms with Crippen LogP contribution in [0.25, 0.3) is 0 Å². The van der Waals surface area contributed by atoms with E-state index in [1.54, 1.807) is 0 Å². The van der Waals surface area contributed by atoms with E-state index in [9.17, 15) is 4.79 Å². The van der Waals surface area contributed by atoms with Gasteiger partial charge in [-0.3, -0.25) is 4.79 Å². The van der Waals surface area contributed by atoms with E-state index in [1.165, 1.54) is 0 Å². The zero-order valence-corrected chi connectivity index (χ0v) is 12.8. The highest BCUT2D eigenvalue weighted by molar-refractivity contribution is 5.75. The summed E-state index contributed by atoms with van der Waals surface area (Å²) in [5, 5.41) is 3.08. The van der Waals surface area contributed by atoms with Crippen molar-refractivity contribution in [2.75, 3.05) is 26.3 Å². The molecule has 0 radical (unpaired) electrons. The van der Waals surface area contributed by atoms with Crippen molar-refractivity contribution < 1.29 is 9.53 Å². The van der Waals surface area contributed by atoms with E-state index < -0.39 is 0 Å². The standard InChI is InChI=1S/C15H30N2O2/c1-14(2,6-9-16)5-4-13(18)17-12-15(3)7-10-19-11-8-15/h4-12,16H2,1-3H3,(H,17,18). The summed E-state index contributed by atoms with van der Waals surface area (Å²) in [6, 6.07) is 0. The summed E-state index contributed by atoms with van der Waals surface area (Å²) in [4.78, 5) is 11.9. The Hall–Kier alpha value is -0.610. The van der Waals surface area contributed by atoms with Crippen molar-refractivity contribution in [3.05, 3.63) is 0 Å². The van der Waals surface area contributed by atoms with E-state index in [4.69, 9.17) is 10.5 Å². The van der Waals surface area contributed by atoms with Crippen LogP contribution in [-0.2, 0) is 9.53 Å². The molecule has 0 aliphatic carbocycles. The van der Waals surface area contributed by atoms with Gasteiger partial charge in [0.15, 0.2) is 0 Å². The summed E-state index contributed by atoms with van der Waals surface area (Å²) in [7, 11) is 0. The van der Waals surface area contributed by atoms with Crippen LogP contribution in [0.2, 0.25) is 0 Å². The van der Waals surface area contributed by atoms with Gasteiger partial charge in [0.25, 0.3) is 0 Å². The first-order valence-electron chi connectivity index (χ1n) is 7.41. The first-order valence-corrected chi connectivity index (χ1v) is 7.41. The van der Waals surface area contributed by atoms with Crippen molar-refractivity contribution in [1.82, 2.24) is 5.32 Å². The Morgan fingerprint density at radius 1 is 1.32 bits per heavy atom. The van der Waals surface area contributed by atoms with Crippen LogP contribution >= 0.6 is 0 Å². The van der Waals surface area contributed by atoms with Gasteiger partial charge in [-0.2, -0.15) is 0 Å². The minimum absolute atomic E-state index is 0.161. The number of hydrogen-bond donors (Lipinski definition) is 2. The normalized spacial score (nSPS) is 19.2. The maximum absolute atomic E-state index is 11.9. The number of nitrogens with two attached hydrogens (primary N) is 1. The molecule has 1 amide bonds. The Morgan fingerprint density at radius 3 is 2.53 bits per heavy atom. The summed E-state index contributed by atoms with van der Waals surface area (Å²) in [6.07, 6.45) is 4.53. The van der Waals surface area contributed by atoms with Crippen LogP contribution in [0.5, 0.6) is 0 Å². The van der Waals surface area contributed by atoms with Crippen LogP contribution in [0, 0.1) is 10.8 Å². The molecule has 1 aliphatic heterocycles. The predicted octanol–water partition coefficient (Wildman–Crippen LogP) is 2.07. The largest absolute Gasteiger partial charge is 0.381 e. The second-order valence-electron chi connectivity index (χ2n) is 6.90. The molecule has 0 aromatic heterocycles. The molecule has 0 unspecified atom stereocenters. The second kappa shape index (κ2) is 7.25. The lowest BCUT2D eigenvalue weighted by Crippen LogP contribution is -2.39. The van der Waals surface area contributed by atoms with Gasteiger partial charge in [-0.15, -0.1) is 0 Å². The number of carbonyl (C=O) groups is 1. The number of nitrogens with one attached hydrogen (secondary N) is 1. The molecule has 19 heavy (non-hydrogen) atoms. The quantitative estimate of drug-likeness (QED) is 0.744. The molecule has 112 valence electrons. The highest BCUT2D eigenvalue weighted by Gasteiger charge is 2.28. The summed E-state index contributed by atoms with van der Waals surface area (Å²) >= 11 is 0. The average molecular weight is 270 g/mol. The van der Waals surface area contributed by atoms with E-state index in [1.807, 2.05) is 0 Å². The molecular formula is C15H30N2O2. The van der Waals surface area contributed by atoms with Gasteiger partial charge < -0.3 is 15.8 Å². The van der Waals surface area contributed by atoms with Crippen molar-refractivity contribution in [3.63, 3.8) is 0 Å². The zero-order valence-electron chi connectivity index (χ0n) is 12.8. The minimum atomic E-state index is 0.161. The number of ether oxygens (including phenoxy) is 1. The van der Waals surface area contributed by atoms with Gasteiger partial charge in [0.2, 0.25) is 5.91 Å². The lowest BCUT2D eigenvalue weighted by molar-refractivity contribution is -0.122. The van der Waals surface area contributed by atoms with E-state index in [0.29, 0.717) is 13.0 Å². The SMILES string of the molecule is CC(C)(CCN)CCC(=O)NCC1(C)CCOCC1. The molecule has 3 N–H and O–H groups in total. The monoisotopic (exact) mass is 270 g/mol. The Balaban J connectivity index is 2.24. The molecule has 1 rings (SSSR count).